The van der Waals surface area contributed by atoms with Gasteiger partial charge in [0.15, 0.2) is 0 Å². The summed E-state index contributed by atoms with van der Waals surface area (Å²) in [4.78, 5) is 49.6. The zero-order valence-electron chi connectivity index (χ0n) is 12.0. The summed E-state index contributed by atoms with van der Waals surface area (Å²) in [5.74, 6) is -1.05. The SMILES string of the molecule is COC(=O)C1CCC(=O)C1CSCCC(=O)ONC(C)=O. The molecule has 118 valence electrons. The second-order valence-corrected chi connectivity index (χ2v) is 5.85. The van der Waals surface area contributed by atoms with Gasteiger partial charge in [-0.3, -0.25) is 14.4 Å². The lowest BCUT2D eigenvalue weighted by Gasteiger charge is -2.15. The minimum absolute atomic E-state index is 0.0683. The Morgan fingerprint density at radius 1 is 1.38 bits per heavy atom. The number of thioether (sulfide) groups is 1. The highest BCUT2D eigenvalue weighted by Gasteiger charge is 2.39. The van der Waals surface area contributed by atoms with Crippen LogP contribution in [0.3, 0.4) is 0 Å². The van der Waals surface area contributed by atoms with Gasteiger partial charge in [0, 0.05) is 30.8 Å². The first-order valence-electron chi connectivity index (χ1n) is 6.60. The Labute approximate surface area is 127 Å². The number of hydrogen-bond donors (Lipinski definition) is 1. The summed E-state index contributed by atoms with van der Waals surface area (Å²) in [7, 11) is 1.31. The van der Waals surface area contributed by atoms with Crippen LogP contribution in [0.15, 0.2) is 0 Å². The fraction of sp³-hybridized carbons (Fsp3) is 0.692. The van der Waals surface area contributed by atoms with Crippen molar-refractivity contribution in [3.8, 4) is 0 Å². The Morgan fingerprint density at radius 3 is 2.71 bits per heavy atom. The molecule has 0 aromatic heterocycles. The lowest BCUT2D eigenvalue weighted by Crippen LogP contribution is -2.26. The van der Waals surface area contributed by atoms with Gasteiger partial charge in [-0.1, -0.05) is 0 Å². The summed E-state index contributed by atoms with van der Waals surface area (Å²) < 4.78 is 4.70. The number of ether oxygens (including phenoxy) is 1. The topological polar surface area (TPSA) is 98.8 Å². The second kappa shape index (κ2) is 8.66. The summed E-state index contributed by atoms with van der Waals surface area (Å²) in [5.41, 5.74) is 1.95. The first kappa shape index (κ1) is 17.5. The lowest BCUT2D eigenvalue weighted by molar-refractivity contribution is -0.157. The fourth-order valence-corrected chi connectivity index (χ4v) is 3.25. The van der Waals surface area contributed by atoms with Crippen LogP contribution in [-0.2, 0) is 28.8 Å². The van der Waals surface area contributed by atoms with E-state index in [0.717, 1.165) is 0 Å². The summed E-state index contributed by atoms with van der Waals surface area (Å²) in [6.07, 6.45) is 1.05. The number of Topliss-reactive ketones (excluding diaryl/α,β-unsaturated/α-hetero) is 1. The van der Waals surface area contributed by atoms with E-state index in [1.54, 1.807) is 0 Å². The number of rotatable bonds is 6. The van der Waals surface area contributed by atoms with Gasteiger partial charge in [0.05, 0.1) is 19.4 Å². The maximum Gasteiger partial charge on any atom is 0.333 e. The zero-order chi connectivity index (χ0) is 15.8. The maximum atomic E-state index is 11.8. The molecular formula is C13H19NO6S. The molecule has 1 fully saturated rings. The van der Waals surface area contributed by atoms with Gasteiger partial charge >= 0.3 is 11.9 Å². The second-order valence-electron chi connectivity index (χ2n) is 4.70. The van der Waals surface area contributed by atoms with Crippen molar-refractivity contribution in [2.24, 2.45) is 11.8 Å². The molecule has 0 bridgehead atoms. The standard InChI is InChI=1S/C13H19NO6S/c1-8(15)14-20-12(17)5-6-21-7-10-9(13(18)19-2)3-4-11(10)16/h9-10H,3-7H2,1-2H3,(H,14,15). The number of esters is 1. The third-order valence-electron chi connectivity index (χ3n) is 3.16. The number of methoxy groups -OCH3 is 1. The minimum atomic E-state index is -0.542. The van der Waals surface area contributed by atoms with Crippen LogP contribution in [0.2, 0.25) is 0 Å². The number of ketones is 1. The van der Waals surface area contributed by atoms with Crippen molar-refractivity contribution in [1.82, 2.24) is 5.48 Å². The Hall–Kier alpha value is -1.57. The molecule has 7 nitrogen and oxygen atoms in total. The van der Waals surface area contributed by atoms with E-state index in [-0.39, 0.29) is 30.0 Å². The van der Waals surface area contributed by atoms with E-state index >= 15 is 0 Å². The van der Waals surface area contributed by atoms with Gasteiger partial charge in [-0.2, -0.15) is 17.2 Å². The molecule has 0 spiro atoms. The van der Waals surface area contributed by atoms with Crippen molar-refractivity contribution in [3.05, 3.63) is 0 Å². The summed E-state index contributed by atoms with van der Waals surface area (Å²) in [6, 6.07) is 0. The first-order chi connectivity index (χ1) is 9.95. The van der Waals surface area contributed by atoms with E-state index in [1.165, 1.54) is 25.8 Å². The predicted molar refractivity (Wildman–Crippen MR) is 75.1 cm³/mol. The predicted octanol–water partition coefficient (Wildman–Crippen LogP) is 0.472. The molecule has 1 rings (SSSR count). The summed E-state index contributed by atoms with van der Waals surface area (Å²) in [6.45, 7) is 1.24. The normalized spacial score (nSPS) is 21.0. The largest absolute Gasteiger partial charge is 0.469 e. The molecule has 21 heavy (non-hydrogen) atoms. The molecule has 0 heterocycles. The molecule has 2 atom stereocenters. The minimum Gasteiger partial charge on any atom is -0.469 e. The van der Waals surface area contributed by atoms with Crippen molar-refractivity contribution in [2.45, 2.75) is 26.2 Å². The van der Waals surface area contributed by atoms with Crippen molar-refractivity contribution in [3.63, 3.8) is 0 Å². The van der Waals surface area contributed by atoms with E-state index in [9.17, 15) is 19.2 Å². The van der Waals surface area contributed by atoms with Crippen LogP contribution in [-0.4, -0.2) is 42.2 Å². The molecule has 0 aromatic carbocycles. The van der Waals surface area contributed by atoms with Crippen LogP contribution in [0.25, 0.3) is 0 Å². The monoisotopic (exact) mass is 317 g/mol. The Morgan fingerprint density at radius 2 is 2.10 bits per heavy atom. The molecule has 1 aliphatic rings. The van der Waals surface area contributed by atoms with Gasteiger partial charge in [0.25, 0.3) is 0 Å². The Balaban J connectivity index is 2.27. The third kappa shape index (κ3) is 5.74. The van der Waals surface area contributed by atoms with Crippen molar-refractivity contribution in [1.29, 1.82) is 0 Å². The number of hydroxylamine groups is 1. The van der Waals surface area contributed by atoms with E-state index in [4.69, 9.17) is 4.74 Å². The van der Waals surface area contributed by atoms with Gasteiger partial charge in [-0.15, -0.1) is 0 Å². The Kier molecular flexibility index (Phi) is 7.21. The molecular weight excluding hydrogens is 298 g/mol. The molecule has 2 unspecified atom stereocenters. The van der Waals surface area contributed by atoms with Crippen LogP contribution in [0.4, 0.5) is 0 Å². The van der Waals surface area contributed by atoms with Gasteiger partial charge in [0.1, 0.15) is 5.78 Å². The van der Waals surface area contributed by atoms with E-state index in [2.05, 4.69) is 4.84 Å². The third-order valence-corrected chi connectivity index (χ3v) is 4.25. The Bertz CT molecular complexity index is 425. The van der Waals surface area contributed by atoms with E-state index in [0.29, 0.717) is 24.3 Å². The quantitative estimate of drug-likeness (QED) is 0.432. The van der Waals surface area contributed by atoms with Crippen LogP contribution < -0.4 is 5.48 Å². The molecule has 0 saturated heterocycles. The van der Waals surface area contributed by atoms with Gasteiger partial charge in [-0.25, -0.2) is 4.79 Å². The number of amides is 1. The van der Waals surface area contributed by atoms with Crippen molar-refractivity contribution < 1.29 is 28.8 Å². The molecule has 0 aromatic rings. The molecule has 1 saturated carbocycles. The molecule has 1 aliphatic carbocycles. The first-order valence-corrected chi connectivity index (χ1v) is 7.75. The fourth-order valence-electron chi connectivity index (χ4n) is 2.10. The molecule has 8 heteroatoms. The number of nitrogens with one attached hydrogen (secondary N) is 1. The smallest absolute Gasteiger partial charge is 0.333 e. The van der Waals surface area contributed by atoms with Crippen LogP contribution >= 0.6 is 11.8 Å². The summed E-state index contributed by atoms with van der Waals surface area (Å²) in [5, 5.41) is 0. The van der Waals surface area contributed by atoms with Crippen LogP contribution in [0, 0.1) is 11.8 Å². The van der Waals surface area contributed by atoms with E-state index < -0.39 is 11.9 Å². The highest BCUT2D eigenvalue weighted by molar-refractivity contribution is 7.99. The molecule has 1 N–H and O–H groups in total. The maximum absolute atomic E-state index is 11.8. The number of carbonyl (C=O) groups excluding carboxylic acids is 4. The zero-order valence-corrected chi connectivity index (χ0v) is 12.9. The molecule has 1 amide bonds. The van der Waals surface area contributed by atoms with E-state index in [1.807, 2.05) is 5.48 Å². The van der Waals surface area contributed by atoms with Crippen molar-refractivity contribution in [2.75, 3.05) is 18.6 Å². The van der Waals surface area contributed by atoms with Crippen LogP contribution in [0.1, 0.15) is 26.2 Å². The van der Waals surface area contributed by atoms with Crippen molar-refractivity contribution >= 4 is 35.4 Å². The number of hydrogen-bond acceptors (Lipinski definition) is 7. The number of carbonyl (C=O) groups is 4. The highest BCUT2D eigenvalue weighted by Crippen LogP contribution is 2.32. The van der Waals surface area contributed by atoms with Crippen LogP contribution in [0.5, 0.6) is 0 Å². The summed E-state index contributed by atoms with van der Waals surface area (Å²) >= 11 is 1.41. The highest BCUT2D eigenvalue weighted by atomic mass is 32.2. The molecule has 0 aliphatic heterocycles. The van der Waals surface area contributed by atoms with Gasteiger partial charge in [-0.05, 0) is 6.42 Å². The van der Waals surface area contributed by atoms with Gasteiger partial charge < -0.3 is 9.57 Å². The van der Waals surface area contributed by atoms with Gasteiger partial charge in [0.2, 0.25) is 5.91 Å². The molecule has 0 radical (unpaired) electrons. The average molecular weight is 317 g/mol. The lowest BCUT2D eigenvalue weighted by atomic mass is 9.98. The average Bonchev–Trinajstić information content (AvgIpc) is 2.81.